The van der Waals surface area contributed by atoms with Crippen LogP contribution in [-0.4, -0.2) is 147 Å². The van der Waals surface area contributed by atoms with Crippen LogP contribution in [0.3, 0.4) is 0 Å². The Labute approximate surface area is 275 Å². The highest BCUT2D eigenvalue weighted by atomic mass is 16.7. The van der Waals surface area contributed by atoms with Gasteiger partial charge in [-0.25, -0.2) is 0 Å². The predicted octanol–water partition coefficient (Wildman–Crippen LogP) is -2.49. The molecule has 19 heteroatoms. The maximum Gasteiger partial charge on any atom is 0.317 e. The van der Waals surface area contributed by atoms with E-state index in [4.69, 9.17) is 28.8 Å². The third-order valence-electron chi connectivity index (χ3n) is 8.00. The normalized spacial score (nSPS) is 32.7. The van der Waals surface area contributed by atoms with Gasteiger partial charge in [-0.1, -0.05) is 0 Å². The molecule has 3 heterocycles. The number of ether oxygens (including phenoxy) is 6. The SMILES string of the molecule is O=C(O)CC(=O)OCC1OC(OC2=Cc3c(O)cc(O)cc3[OH+]C2c2ccc(O)c(O)c2)C(O)C(OC2OC(CO)C(O)C(O)C2O)C1O. The Morgan fingerprint density at radius 3 is 2.18 bits per heavy atom. The van der Waals surface area contributed by atoms with Crippen molar-refractivity contribution in [3.63, 3.8) is 0 Å². The highest BCUT2D eigenvalue weighted by Gasteiger charge is 2.52. The van der Waals surface area contributed by atoms with Gasteiger partial charge in [0, 0.05) is 12.1 Å². The van der Waals surface area contributed by atoms with Gasteiger partial charge in [-0.15, -0.1) is 0 Å². The van der Waals surface area contributed by atoms with E-state index in [0.29, 0.717) is 0 Å². The molecule has 2 fully saturated rings. The van der Waals surface area contributed by atoms with Crippen LogP contribution in [0.1, 0.15) is 23.7 Å². The summed E-state index contributed by atoms with van der Waals surface area (Å²) < 4.78 is 32.1. The minimum atomic E-state index is -2.00. The Bertz CT molecular complexity index is 1560. The molecule has 49 heavy (non-hydrogen) atoms. The summed E-state index contributed by atoms with van der Waals surface area (Å²) in [6, 6.07) is 5.91. The Kier molecular flexibility index (Phi) is 10.7. The van der Waals surface area contributed by atoms with E-state index in [1.165, 1.54) is 18.2 Å². The summed E-state index contributed by atoms with van der Waals surface area (Å²) in [6.45, 7) is -1.63. The molecule has 0 radical (unpaired) electrons. The number of phenolic OH excluding ortho intramolecular Hbond substituents is 4. The second-order valence-corrected chi connectivity index (χ2v) is 11.4. The number of aliphatic hydroxyl groups is 7. The standard InChI is InChI=1S/C30H34O19/c31-8-18-22(39)24(41)25(42)29(47-18)49-28-23(40)19(9-44-21(38)7-20(36)37)48-30(26(28)43)46-17-6-12-14(34)4-11(32)5-16(12)45-27(17)10-1-2-13(33)15(35)3-10/h1-6,18-19,22-35,39-43H,7-9H2,(H,36,37)/p+1. The number of esters is 1. The van der Waals surface area contributed by atoms with Crippen molar-refractivity contribution < 1.29 is 94.2 Å². The van der Waals surface area contributed by atoms with E-state index in [-0.39, 0.29) is 28.4 Å². The summed E-state index contributed by atoms with van der Waals surface area (Å²) >= 11 is 0. The van der Waals surface area contributed by atoms with E-state index in [2.05, 4.69) is 4.74 Å². The maximum atomic E-state index is 12.0. The third kappa shape index (κ3) is 7.59. The molecule has 3 aliphatic rings. The molecule has 2 aromatic carbocycles. The molecule has 2 aromatic rings. The number of benzene rings is 2. The fourth-order valence-corrected chi connectivity index (χ4v) is 5.45. The van der Waals surface area contributed by atoms with Crippen LogP contribution in [0.2, 0.25) is 0 Å². The number of carboxylic acids is 1. The summed E-state index contributed by atoms with van der Waals surface area (Å²) in [5, 5.41) is 112. The molecule has 0 aliphatic carbocycles. The van der Waals surface area contributed by atoms with Crippen LogP contribution in [0.5, 0.6) is 28.7 Å². The Morgan fingerprint density at radius 1 is 0.796 bits per heavy atom. The van der Waals surface area contributed by atoms with Crippen LogP contribution in [0.25, 0.3) is 6.08 Å². The number of carbonyl (C=O) groups is 2. The second kappa shape index (κ2) is 14.6. The molecule has 3 aliphatic heterocycles. The van der Waals surface area contributed by atoms with Crippen LogP contribution in [0, 0.1) is 0 Å². The number of fused-ring (bicyclic) bond motifs is 1. The van der Waals surface area contributed by atoms with E-state index in [0.717, 1.165) is 18.2 Å². The number of carbonyl (C=O) groups excluding carboxylic acids is 1. The van der Waals surface area contributed by atoms with Gasteiger partial charge in [-0.3, -0.25) is 9.59 Å². The van der Waals surface area contributed by atoms with Crippen molar-refractivity contribution in [3.05, 3.63) is 47.2 Å². The lowest BCUT2D eigenvalue weighted by Crippen LogP contribution is -2.65. The molecule has 2 saturated heterocycles. The minimum Gasteiger partial charge on any atom is -0.571 e. The van der Waals surface area contributed by atoms with Crippen molar-refractivity contribution in [3.8, 4) is 28.7 Å². The predicted molar refractivity (Wildman–Crippen MR) is 156 cm³/mol. The largest absolute Gasteiger partial charge is 0.571 e. The molecule has 19 nitrogen and oxygen atoms in total. The van der Waals surface area contributed by atoms with E-state index in [1.807, 2.05) is 0 Å². The molecule has 11 atom stereocenters. The van der Waals surface area contributed by atoms with E-state index < -0.39 is 116 Å². The van der Waals surface area contributed by atoms with Gasteiger partial charge in [0.15, 0.2) is 23.5 Å². The smallest absolute Gasteiger partial charge is 0.317 e. The van der Waals surface area contributed by atoms with Crippen molar-refractivity contribution in [2.45, 2.75) is 73.9 Å². The number of aliphatic carboxylic acids is 1. The summed E-state index contributed by atoms with van der Waals surface area (Å²) in [5.74, 6) is -4.58. The van der Waals surface area contributed by atoms with Crippen molar-refractivity contribution >= 4 is 18.0 Å². The van der Waals surface area contributed by atoms with Crippen LogP contribution in [0.4, 0.5) is 0 Å². The van der Waals surface area contributed by atoms with Gasteiger partial charge in [-0.2, -0.15) is 0 Å². The second-order valence-electron chi connectivity index (χ2n) is 11.4. The molecule has 0 amide bonds. The Balaban J connectivity index is 1.49. The quantitative estimate of drug-likeness (QED) is 0.0529. The van der Waals surface area contributed by atoms with E-state index in [9.17, 15) is 60.7 Å². The number of phenols is 4. The molecule has 0 aromatic heterocycles. The summed E-state index contributed by atoms with van der Waals surface area (Å²) in [5.41, 5.74) is 0.249. The van der Waals surface area contributed by atoms with E-state index in [1.54, 1.807) is 0 Å². The summed E-state index contributed by atoms with van der Waals surface area (Å²) in [4.78, 5) is 22.9. The van der Waals surface area contributed by atoms with Gasteiger partial charge in [0.25, 0.3) is 11.9 Å². The lowest BCUT2D eigenvalue weighted by molar-refractivity contribution is -0.358. The first-order chi connectivity index (χ1) is 23.2. The molecule has 0 spiro atoms. The number of rotatable bonds is 10. The molecule has 5 rings (SSSR count). The zero-order chi connectivity index (χ0) is 35.7. The first kappa shape index (κ1) is 35.9. The van der Waals surface area contributed by atoms with Crippen molar-refractivity contribution in [1.82, 2.24) is 0 Å². The topological polar surface area (TPSA) is 316 Å². The van der Waals surface area contributed by atoms with Crippen LogP contribution in [-0.2, 0) is 33.3 Å². The fraction of sp³-hybridized carbons (Fsp3) is 0.467. The van der Waals surface area contributed by atoms with Crippen LogP contribution >= 0.6 is 0 Å². The summed E-state index contributed by atoms with van der Waals surface area (Å²) in [7, 11) is 0. The van der Waals surface area contributed by atoms with Crippen molar-refractivity contribution in [2.24, 2.45) is 0 Å². The lowest BCUT2D eigenvalue weighted by Gasteiger charge is -2.46. The third-order valence-corrected chi connectivity index (χ3v) is 8.00. The van der Waals surface area contributed by atoms with Gasteiger partial charge in [0.05, 0.1) is 18.2 Å². The molecular formula is C30H35O19+. The molecule has 0 saturated carbocycles. The highest BCUT2D eigenvalue weighted by Crippen LogP contribution is 2.46. The number of aromatic hydroxyl groups is 5. The van der Waals surface area contributed by atoms with Gasteiger partial charge < -0.3 is 84.6 Å². The highest BCUT2D eigenvalue weighted by molar-refractivity contribution is 5.90. The molecule has 0 bridgehead atoms. The zero-order valence-electron chi connectivity index (χ0n) is 25.2. The van der Waals surface area contributed by atoms with Gasteiger partial charge in [-0.05, 0) is 18.2 Å². The van der Waals surface area contributed by atoms with Crippen molar-refractivity contribution in [2.75, 3.05) is 13.2 Å². The van der Waals surface area contributed by atoms with Crippen LogP contribution < -0.4 is 0 Å². The van der Waals surface area contributed by atoms with Gasteiger partial charge >= 0.3 is 11.9 Å². The first-order valence-electron chi connectivity index (χ1n) is 14.7. The molecule has 11 unspecified atom stereocenters. The first-order valence-corrected chi connectivity index (χ1v) is 14.7. The van der Waals surface area contributed by atoms with Crippen LogP contribution in [0.15, 0.2) is 36.1 Å². The number of carboxylic acid groups (broad SMARTS) is 1. The van der Waals surface area contributed by atoms with E-state index >= 15 is 0 Å². The molecular weight excluding hydrogens is 664 g/mol. The number of aliphatic hydroxyl groups excluding tert-OH is 6. The molecule has 268 valence electrons. The average molecular weight is 700 g/mol. The average Bonchev–Trinajstić information content (AvgIpc) is 3.04. The number of hydrogen-bond donors (Lipinski definition) is 11. The minimum absolute atomic E-state index is 0.0469. The monoisotopic (exact) mass is 699 g/mol. The Hall–Kier alpha value is -4.44. The maximum absolute atomic E-state index is 12.0. The lowest BCUT2D eigenvalue weighted by atomic mass is 9.96. The van der Waals surface area contributed by atoms with Gasteiger partial charge in [0.2, 0.25) is 6.29 Å². The van der Waals surface area contributed by atoms with Crippen molar-refractivity contribution in [1.29, 1.82) is 0 Å². The van der Waals surface area contributed by atoms with Gasteiger partial charge in [0.1, 0.15) is 78.9 Å². The number of hydrogen-bond acceptors (Lipinski definition) is 17. The molecule has 12 N–H and O–H groups in total. The zero-order valence-corrected chi connectivity index (χ0v) is 25.2. The fourth-order valence-electron chi connectivity index (χ4n) is 5.45. The summed E-state index contributed by atoms with van der Waals surface area (Å²) in [6.07, 6.45) is -19.1. The Morgan fingerprint density at radius 2 is 1.51 bits per heavy atom.